The quantitative estimate of drug-likeness (QED) is 0.841. The van der Waals surface area contributed by atoms with Gasteiger partial charge < -0.3 is 19.5 Å². The van der Waals surface area contributed by atoms with Crippen LogP contribution in [0.15, 0.2) is 12.7 Å². The van der Waals surface area contributed by atoms with Crippen molar-refractivity contribution in [3.05, 3.63) is 12.7 Å². The number of rotatable bonds is 3. The molecule has 5 rings (SSSR count). The SMILES string of the molecule is C#C[C@H]1O[C@@H](n2cnc3c(NC4CCC4)ncnc32)[C@@H]2OC(C)(C)O[C@@H]21. The molecule has 136 valence electrons. The number of nitrogens with zero attached hydrogens (tertiary/aromatic N) is 4. The molecule has 2 saturated heterocycles. The van der Waals surface area contributed by atoms with Gasteiger partial charge in [-0.2, -0.15) is 0 Å². The van der Waals surface area contributed by atoms with Gasteiger partial charge in [-0.15, -0.1) is 6.42 Å². The average Bonchev–Trinajstić information content (AvgIpc) is 3.21. The van der Waals surface area contributed by atoms with Crippen LogP contribution in [0.25, 0.3) is 11.2 Å². The Morgan fingerprint density at radius 1 is 1.23 bits per heavy atom. The maximum atomic E-state index is 6.06. The molecule has 4 atom stereocenters. The van der Waals surface area contributed by atoms with Gasteiger partial charge in [0.2, 0.25) is 0 Å². The van der Waals surface area contributed by atoms with Crippen LogP contribution in [-0.4, -0.2) is 49.7 Å². The third-order valence-corrected chi connectivity index (χ3v) is 5.27. The third-order valence-electron chi connectivity index (χ3n) is 5.27. The fourth-order valence-corrected chi connectivity index (χ4v) is 3.82. The second-order valence-corrected chi connectivity index (χ2v) is 7.50. The summed E-state index contributed by atoms with van der Waals surface area (Å²) in [5.41, 5.74) is 1.42. The molecule has 1 N–H and O–H groups in total. The number of terminal acetylenes is 1. The van der Waals surface area contributed by atoms with Crippen LogP contribution in [0.1, 0.15) is 39.3 Å². The Hall–Kier alpha value is -2.21. The Labute approximate surface area is 151 Å². The number of nitrogens with one attached hydrogen (secondary N) is 1. The predicted octanol–water partition coefficient (Wildman–Crippen LogP) is 1.84. The lowest BCUT2D eigenvalue weighted by atomic mass is 9.93. The van der Waals surface area contributed by atoms with Crippen LogP contribution in [0.5, 0.6) is 0 Å². The molecule has 0 radical (unpaired) electrons. The van der Waals surface area contributed by atoms with Crippen molar-refractivity contribution in [3.63, 3.8) is 0 Å². The lowest BCUT2D eigenvalue weighted by Crippen LogP contribution is -2.28. The van der Waals surface area contributed by atoms with Gasteiger partial charge in [0.1, 0.15) is 24.6 Å². The fraction of sp³-hybridized carbons (Fsp3) is 0.611. The summed E-state index contributed by atoms with van der Waals surface area (Å²) in [5.74, 6) is 2.72. The number of hydrogen-bond donors (Lipinski definition) is 1. The van der Waals surface area contributed by atoms with Crippen molar-refractivity contribution in [2.24, 2.45) is 0 Å². The molecule has 8 heteroatoms. The number of hydrogen-bond acceptors (Lipinski definition) is 7. The highest BCUT2D eigenvalue weighted by molar-refractivity contribution is 5.82. The molecule has 0 bridgehead atoms. The van der Waals surface area contributed by atoms with E-state index in [-0.39, 0.29) is 12.2 Å². The van der Waals surface area contributed by atoms with Crippen molar-refractivity contribution < 1.29 is 14.2 Å². The van der Waals surface area contributed by atoms with E-state index in [9.17, 15) is 0 Å². The topological polar surface area (TPSA) is 83.3 Å². The number of imidazole rings is 1. The van der Waals surface area contributed by atoms with Crippen molar-refractivity contribution >= 4 is 17.0 Å². The van der Waals surface area contributed by atoms with Gasteiger partial charge >= 0.3 is 0 Å². The summed E-state index contributed by atoms with van der Waals surface area (Å²) < 4.78 is 19.9. The van der Waals surface area contributed by atoms with Gasteiger partial charge in [-0.05, 0) is 33.1 Å². The number of ether oxygens (including phenoxy) is 3. The molecule has 26 heavy (non-hydrogen) atoms. The Morgan fingerprint density at radius 3 is 2.77 bits per heavy atom. The molecular formula is C18H21N5O3. The van der Waals surface area contributed by atoms with Crippen molar-refractivity contribution in [2.45, 2.75) is 69.5 Å². The summed E-state index contributed by atoms with van der Waals surface area (Å²) in [4.78, 5) is 13.3. The van der Waals surface area contributed by atoms with Gasteiger partial charge in [0.05, 0.1) is 6.33 Å². The highest BCUT2D eigenvalue weighted by Crippen LogP contribution is 2.43. The molecule has 0 amide bonds. The molecule has 8 nitrogen and oxygen atoms in total. The molecule has 2 aromatic rings. The van der Waals surface area contributed by atoms with Gasteiger partial charge in [0.25, 0.3) is 0 Å². The third kappa shape index (κ3) is 2.39. The molecule has 2 aliphatic heterocycles. The molecule has 3 fully saturated rings. The summed E-state index contributed by atoms with van der Waals surface area (Å²) in [5, 5.41) is 3.45. The maximum Gasteiger partial charge on any atom is 0.167 e. The molecule has 0 spiro atoms. The summed E-state index contributed by atoms with van der Waals surface area (Å²) in [6.07, 6.45) is 10.9. The van der Waals surface area contributed by atoms with Crippen molar-refractivity contribution in [1.82, 2.24) is 19.5 Å². The van der Waals surface area contributed by atoms with E-state index >= 15 is 0 Å². The molecule has 1 aliphatic carbocycles. The van der Waals surface area contributed by atoms with E-state index < -0.39 is 18.1 Å². The Balaban J connectivity index is 1.51. The smallest absolute Gasteiger partial charge is 0.167 e. The second kappa shape index (κ2) is 5.64. The Kier molecular flexibility index (Phi) is 3.47. The number of fused-ring (bicyclic) bond motifs is 2. The lowest BCUT2D eigenvalue weighted by molar-refractivity contribution is -0.190. The first-order chi connectivity index (χ1) is 12.6. The number of anilines is 1. The highest BCUT2D eigenvalue weighted by Gasteiger charge is 2.55. The van der Waals surface area contributed by atoms with Crippen LogP contribution >= 0.6 is 0 Å². The van der Waals surface area contributed by atoms with E-state index in [4.69, 9.17) is 20.6 Å². The lowest BCUT2D eigenvalue weighted by Gasteiger charge is -2.26. The minimum absolute atomic E-state index is 0.313. The molecule has 0 unspecified atom stereocenters. The van der Waals surface area contributed by atoms with Gasteiger partial charge in [-0.25, -0.2) is 15.0 Å². The van der Waals surface area contributed by atoms with E-state index in [0.29, 0.717) is 11.7 Å². The van der Waals surface area contributed by atoms with E-state index in [1.807, 2.05) is 18.4 Å². The normalized spacial score (nSPS) is 33.0. The van der Waals surface area contributed by atoms with Gasteiger partial charge in [-0.1, -0.05) is 5.92 Å². The summed E-state index contributed by atoms with van der Waals surface area (Å²) in [6.45, 7) is 3.76. The largest absolute Gasteiger partial charge is 0.365 e. The molecular weight excluding hydrogens is 334 g/mol. The Bertz CT molecular complexity index is 885. The van der Waals surface area contributed by atoms with Crippen molar-refractivity contribution in [3.8, 4) is 12.3 Å². The zero-order valence-electron chi connectivity index (χ0n) is 14.8. The number of aromatic nitrogens is 4. The van der Waals surface area contributed by atoms with Crippen molar-refractivity contribution in [1.29, 1.82) is 0 Å². The van der Waals surface area contributed by atoms with E-state index in [1.54, 1.807) is 12.7 Å². The first-order valence-corrected chi connectivity index (χ1v) is 8.97. The highest BCUT2D eigenvalue weighted by atomic mass is 16.8. The summed E-state index contributed by atoms with van der Waals surface area (Å²) >= 11 is 0. The molecule has 2 aromatic heterocycles. The first-order valence-electron chi connectivity index (χ1n) is 8.97. The van der Waals surface area contributed by atoms with E-state index in [2.05, 4.69) is 26.2 Å². The molecule has 1 saturated carbocycles. The minimum atomic E-state index is -0.700. The molecule has 4 heterocycles. The average molecular weight is 355 g/mol. The molecule has 3 aliphatic rings. The monoisotopic (exact) mass is 355 g/mol. The first kappa shape index (κ1) is 16.0. The van der Waals surface area contributed by atoms with Gasteiger partial charge in [-0.3, -0.25) is 4.57 Å². The van der Waals surface area contributed by atoms with Crippen LogP contribution < -0.4 is 5.32 Å². The summed E-state index contributed by atoms with van der Waals surface area (Å²) in [6, 6.07) is 0.462. The van der Waals surface area contributed by atoms with Crippen LogP contribution in [0, 0.1) is 12.3 Å². The van der Waals surface area contributed by atoms with Crippen LogP contribution in [-0.2, 0) is 14.2 Å². The van der Waals surface area contributed by atoms with Gasteiger partial charge in [0, 0.05) is 6.04 Å². The van der Waals surface area contributed by atoms with E-state index in [1.165, 1.54) is 6.42 Å². The zero-order valence-corrected chi connectivity index (χ0v) is 14.8. The van der Waals surface area contributed by atoms with Crippen molar-refractivity contribution in [2.75, 3.05) is 5.32 Å². The molecule has 0 aromatic carbocycles. The second-order valence-electron chi connectivity index (χ2n) is 7.50. The van der Waals surface area contributed by atoms with E-state index in [0.717, 1.165) is 24.2 Å². The maximum absolute atomic E-state index is 6.06. The van der Waals surface area contributed by atoms with Gasteiger partial charge in [0.15, 0.2) is 29.0 Å². The Morgan fingerprint density at radius 2 is 2.04 bits per heavy atom. The summed E-state index contributed by atoms with van der Waals surface area (Å²) in [7, 11) is 0. The minimum Gasteiger partial charge on any atom is -0.365 e. The zero-order chi connectivity index (χ0) is 17.9. The van der Waals surface area contributed by atoms with Crippen LogP contribution in [0.2, 0.25) is 0 Å². The standard InChI is InChI=1S/C18H21N5O3/c1-4-11-13-14(26-18(2,3)25-13)17(24-11)23-9-21-12-15(19-8-20-16(12)23)22-10-6-5-7-10/h1,8-11,13-14,17H,5-7H2,2-3H3,(H,19,20,22)/t11-,13-,14-,17-/m1/s1. The van der Waals surface area contributed by atoms with Crippen LogP contribution in [0.3, 0.4) is 0 Å². The fourth-order valence-electron chi connectivity index (χ4n) is 3.82. The predicted molar refractivity (Wildman–Crippen MR) is 93.2 cm³/mol. The van der Waals surface area contributed by atoms with Crippen LogP contribution in [0.4, 0.5) is 5.82 Å².